The van der Waals surface area contributed by atoms with Gasteiger partial charge in [-0.25, -0.2) is 4.98 Å². The smallest absolute Gasteiger partial charge is 0.258 e. The van der Waals surface area contributed by atoms with Crippen LogP contribution in [0.4, 0.5) is 17.5 Å². The molecular formula is C25H33N5O. The van der Waals surface area contributed by atoms with Gasteiger partial charge in [-0.05, 0) is 68.1 Å². The lowest BCUT2D eigenvalue weighted by Gasteiger charge is -2.45. The van der Waals surface area contributed by atoms with Gasteiger partial charge in [0.05, 0.1) is 5.56 Å². The second-order valence-electron chi connectivity index (χ2n) is 10.7. The van der Waals surface area contributed by atoms with Crippen molar-refractivity contribution in [3.63, 3.8) is 0 Å². The first-order valence-corrected chi connectivity index (χ1v) is 11.5. The molecule has 1 aliphatic carbocycles. The highest BCUT2D eigenvalue weighted by molar-refractivity contribution is 6.08. The Morgan fingerprint density at radius 2 is 1.68 bits per heavy atom. The molecule has 6 nitrogen and oxygen atoms in total. The van der Waals surface area contributed by atoms with Gasteiger partial charge in [-0.1, -0.05) is 19.9 Å². The molecule has 1 spiro atoms. The lowest BCUT2D eigenvalue weighted by Crippen LogP contribution is -2.53. The molecule has 0 unspecified atom stereocenters. The number of nitrogens with one attached hydrogen (secondary N) is 1. The Balaban J connectivity index is 1.35. The predicted molar refractivity (Wildman–Crippen MR) is 125 cm³/mol. The highest BCUT2D eigenvalue weighted by atomic mass is 16.1. The molecule has 3 fully saturated rings. The summed E-state index contributed by atoms with van der Waals surface area (Å²) in [6.07, 6.45) is 5.24. The van der Waals surface area contributed by atoms with Gasteiger partial charge in [0.2, 0.25) is 5.95 Å². The summed E-state index contributed by atoms with van der Waals surface area (Å²) in [7, 11) is 0. The fraction of sp³-hybridized carbons (Fsp3) is 0.560. The van der Waals surface area contributed by atoms with Gasteiger partial charge in [-0.15, -0.1) is 0 Å². The van der Waals surface area contributed by atoms with Gasteiger partial charge in [0.25, 0.3) is 5.91 Å². The zero-order chi connectivity index (χ0) is 21.8. The summed E-state index contributed by atoms with van der Waals surface area (Å²) in [6, 6.07) is 7.97. The third-order valence-corrected chi connectivity index (χ3v) is 7.12. The van der Waals surface area contributed by atoms with E-state index in [1.54, 1.807) is 0 Å². The Morgan fingerprint density at radius 1 is 0.968 bits per heavy atom. The number of hydrogen-bond acceptors (Lipinski definition) is 5. The summed E-state index contributed by atoms with van der Waals surface area (Å²) in [5.41, 5.74) is 4.71. The quantitative estimate of drug-likeness (QED) is 0.786. The summed E-state index contributed by atoms with van der Waals surface area (Å²) in [6.45, 7) is 12.5. The molecule has 1 aromatic heterocycles. The van der Waals surface area contributed by atoms with Crippen LogP contribution in [0.3, 0.4) is 0 Å². The average Bonchev–Trinajstić information content (AvgIpc) is 3.45. The van der Waals surface area contributed by atoms with Crippen molar-refractivity contribution < 1.29 is 4.79 Å². The number of rotatable bonds is 4. The van der Waals surface area contributed by atoms with E-state index in [0.29, 0.717) is 22.6 Å². The number of anilines is 3. The number of carbonyl (C=O) groups excluding carboxylic acids is 1. The van der Waals surface area contributed by atoms with Crippen molar-refractivity contribution in [2.24, 2.45) is 10.8 Å². The average molecular weight is 420 g/mol. The highest BCUT2D eigenvalue weighted by Gasteiger charge is 2.44. The van der Waals surface area contributed by atoms with E-state index in [1.165, 1.54) is 31.2 Å². The van der Waals surface area contributed by atoms with Crippen LogP contribution < -0.4 is 15.1 Å². The largest absolute Gasteiger partial charge is 0.371 e. The van der Waals surface area contributed by atoms with Gasteiger partial charge >= 0.3 is 0 Å². The molecule has 0 bridgehead atoms. The monoisotopic (exact) mass is 419 g/mol. The normalized spacial score (nSPS) is 21.0. The zero-order valence-corrected chi connectivity index (χ0v) is 19.2. The number of carbonyl (C=O) groups is 1. The van der Waals surface area contributed by atoms with E-state index < -0.39 is 0 Å². The number of nitrogens with zero attached hydrogens (tertiary/aromatic N) is 4. The molecule has 1 N–H and O–H groups in total. The molecule has 3 aliphatic rings. The van der Waals surface area contributed by atoms with Crippen LogP contribution in [0.1, 0.15) is 61.1 Å². The molecule has 1 saturated carbocycles. The maximum Gasteiger partial charge on any atom is 0.258 e. The number of piperidine rings is 1. The van der Waals surface area contributed by atoms with E-state index >= 15 is 0 Å². The molecule has 0 radical (unpaired) electrons. The molecule has 164 valence electrons. The third kappa shape index (κ3) is 4.12. The summed E-state index contributed by atoms with van der Waals surface area (Å²) in [5.74, 6) is 1.17. The Bertz CT molecular complexity index is 1010. The lowest BCUT2D eigenvalue weighted by atomic mass is 9.85. The first-order valence-electron chi connectivity index (χ1n) is 11.5. The van der Waals surface area contributed by atoms with Gasteiger partial charge in [-0.3, -0.25) is 4.79 Å². The van der Waals surface area contributed by atoms with E-state index in [2.05, 4.69) is 51.9 Å². The van der Waals surface area contributed by atoms with Crippen LogP contribution in [0.15, 0.2) is 24.3 Å². The minimum Gasteiger partial charge on any atom is -0.371 e. The van der Waals surface area contributed by atoms with Crippen molar-refractivity contribution in [3.05, 3.63) is 41.1 Å². The van der Waals surface area contributed by atoms with Crippen molar-refractivity contribution in [3.8, 4) is 0 Å². The molecule has 1 amide bonds. The van der Waals surface area contributed by atoms with Crippen LogP contribution >= 0.6 is 0 Å². The Morgan fingerprint density at radius 3 is 2.32 bits per heavy atom. The molecular weight excluding hydrogens is 386 g/mol. The Labute approximate surface area is 185 Å². The van der Waals surface area contributed by atoms with E-state index in [9.17, 15) is 4.79 Å². The minimum absolute atomic E-state index is 0.102. The number of hydrogen-bond donors (Lipinski definition) is 1. The zero-order valence-electron chi connectivity index (χ0n) is 19.2. The first-order chi connectivity index (χ1) is 14.7. The highest BCUT2D eigenvalue weighted by Crippen LogP contribution is 2.54. The van der Waals surface area contributed by atoms with Gasteiger partial charge in [0.15, 0.2) is 0 Å². The van der Waals surface area contributed by atoms with E-state index in [0.717, 1.165) is 43.1 Å². The van der Waals surface area contributed by atoms with Gasteiger partial charge in [0.1, 0.15) is 5.82 Å². The topological polar surface area (TPSA) is 61.4 Å². The maximum absolute atomic E-state index is 13.3. The van der Waals surface area contributed by atoms with Crippen molar-refractivity contribution in [1.29, 1.82) is 0 Å². The predicted octanol–water partition coefficient (Wildman–Crippen LogP) is 4.57. The van der Waals surface area contributed by atoms with Gasteiger partial charge < -0.3 is 15.1 Å². The summed E-state index contributed by atoms with van der Waals surface area (Å²) < 4.78 is 0. The SMILES string of the molecule is Cc1ccc(C(=O)Nc2cc(C)nc(N3CC(C)(C)C3)n2)c(N2CCC3(CC2)CC3)c1. The van der Waals surface area contributed by atoms with Crippen molar-refractivity contribution in [1.82, 2.24) is 9.97 Å². The molecule has 6 heteroatoms. The van der Waals surface area contributed by atoms with Crippen LogP contribution in [0.25, 0.3) is 0 Å². The summed E-state index contributed by atoms with van der Waals surface area (Å²) in [4.78, 5) is 27.1. The number of aryl methyl sites for hydroxylation is 2. The molecule has 2 saturated heterocycles. The second kappa shape index (κ2) is 7.21. The Kier molecular flexibility index (Phi) is 4.72. The van der Waals surface area contributed by atoms with Crippen LogP contribution in [0.2, 0.25) is 0 Å². The molecule has 31 heavy (non-hydrogen) atoms. The first kappa shape index (κ1) is 20.3. The third-order valence-electron chi connectivity index (χ3n) is 7.12. The van der Waals surface area contributed by atoms with Gasteiger partial charge in [0, 0.05) is 43.6 Å². The Hall–Kier alpha value is -2.63. The molecule has 1 aromatic carbocycles. The molecule has 5 rings (SSSR count). The van der Waals surface area contributed by atoms with Gasteiger partial charge in [-0.2, -0.15) is 4.98 Å². The number of amides is 1. The molecule has 2 aromatic rings. The number of benzene rings is 1. The summed E-state index contributed by atoms with van der Waals surface area (Å²) in [5, 5.41) is 3.05. The van der Waals surface area contributed by atoms with E-state index in [4.69, 9.17) is 0 Å². The lowest BCUT2D eigenvalue weighted by molar-refractivity contribution is 0.102. The van der Waals surface area contributed by atoms with E-state index in [-0.39, 0.29) is 5.91 Å². The van der Waals surface area contributed by atoms with Crippen molar-refractivity contribution in [2.45, 2.75) is 53.4 Å². The summed E-state index contributed by atoms with van der Waals surface area (Å²) >= 11 is 0. The maximum atomic E-state index is 13.3. The molecule has 0 atom stereocenters. The van der Waals surface area contributed by atoms with Crippen LogP contribution in [-0.4, -0.2) is 42.1 Å². The molecule has 2 aliphatic heterocycles. The standard InChI is InChI=1S/C25H33N5O/c1-17-5-6-19(20(13-17)29-11-9-25(7-8-25)10-12-29)22(31)27-21-14-18(2)26-23(28-21)30-15-24(3,4)16-30/h5-6,13-14H,7-12,15-16H2,1-4H3,(H,26,27,28,31). The fourth-order valence-corrected chi connectivity index (χ4v) is 5.06. The minimum atomic E-state index is -0.102. The van der Waals surface area contributed by atoms with Crippen LogP contribution in [-0.2, 0) is 0 Å². The van der Waals surface area contributed by atoms with Crippen molar-refractivity contribution in [2.75, 3.05) is 41.3 Å². The van der Waals surface area contributed by atoms with E-state index in [1.807, 2.05) is 25.1 Å². The number of aromatic nitrogens is 2. The molecule has 3 heterocycles. The fourth-order valence-electron chi connectivity index (χ4n) is 5.06. The van der Waals surface area contributed by atoms with Crippen LogP contribution in [0, 0.1) is 24.7 Å². The van der Waals surface area contributed by atoms with Crippen LogP contribution in [0.5, 0.6) is 0 Å². The second-order valence-corrected chi connectivity index (χ2v) is 10.7. The van der Waals surface area contributed by atoms with Crippen molar-refractivity contribution >= 4 is 23.4 Å².